The van der Waals surface area contributed by atoms with E-state index in [2.05, 4.69) is 5.10 Å². The van der Waals surface area contributed by atoms with Crippen molar-refractivity contribution >= 4 is 17.4 Å². The standard InChI is InChI=1S/C15H17ClN2O3/c1-10-8-11(4-5-13(10)21-3)15(19)14-12(16)9-17-18(14)6-7-20-2/h4-5,8-9H,6-7H2,1-3H3. The first-order valence-electron chi connectivity index (χ1n) is 6.48. The Kier molecular flexibility index (Phi) is 4.98. The third-order valence-electron chi connectivity index (χ3n) is 3.17. The quantitative estimate of drug-likeness (QED) is 0.770. The summed E-state index contributed by atoms with van der Waals surface area (Å²) in [6.45, 7) is 2.82. The van der Waals surface area contributed by atoms with Gasteiger partial charge >= 0.3 is 0 Å². The molecular formula is C15H17ClN2O3. The van der Waals surface area contributed by atoms with Crippen molar-refractivity contribution in [2.75, 3.05) is 20.8 Å². The normalized spacial score (nSPS) is 10.7. The van der Waals surface area contributed by atoms with Crippen molar-refractivity contribution in [2.24, 2.45) is 0 Å². The maximum absolute atomic E-state index is 12.6. The van der Waals surface area contributed by atoms with Crippen LogP contribution in [0.1, 0.15) is 21.6 Å². The van der Waals surface area contributed by atoms with Gasteiger partial charge in [-0.1, -0.05) is 11.6 Å². The number of rotatable bonds is 6. The Labute approximate surface area is 128 Å². The van der Waals surface area contributed by atoms with E-state index in [4.69, 9.17) is 21.1 Å². The monoisotopic (exact) mass is 308 g/mol. The van der Waals surface area contributed by atoms with Crippen LogP contribution in [0.25, 0.3) is 0 Å². The molecule has 1 heterocycles. The summed E-state index contributed by atoms with van der Waals surface area (Å²) in [6, 6.07) is 5.27. The maximum Gasteiger partial charge on any atom is 0.212 e. The molecule has 21 heavy (non-hydrogen) atoms. The van der Waals surface area contributed by atoms with Crippen molar-refractivity contribution in [1.29, 1.82) is 0 Å². The van der Waals surface area contributed by atoms with E-state index in [0.29, 0.717) is 29.4 Å². The van der Waals surface area contributed by atoms with Crippen LogP contribution in [0.15, 0.2) is 24.4 Å². The second-order valence-electron chi connectivity index (χ2n) is 4.57. The first kappa shape index (κ1) is 15.5. The first-order chi connectivity index (χ1) is 10.1. The summed E-state index contributed by atoms with van der Waals surface area (Å²) in [6.07, 6.45) is 1.47. The van der Waals surface area contributed by atoms with Crippen LogP contribution in [-0.2, 0) is 11.3 Å². The molecule has 0 saturated heterocycles. The molecule has 0 spiro atoms. The van der Waals surface area contributed by atoms with Gasteiger partial charge < -0.3 is 9.47 Å². The highest BCUT2D eigenvalue weighted by Crippen LogP contribution is 2.23. The lowest BCUT2D eigenvalue weighted by molar-refractivity contribution is 0.102. The second-order valence-corrected chi connectivity index (χ2v) is 4.98. The van der Waals surface area contributed by atoms with Gasteiger partial charge in [0.15, 0.2) is 0 Å². The Hall–Kier alpha value is -1.85. The van der Waals surface area contributed by atoms with Gasteiger partial charge in [0.05, 0.1) is 31.5 Å². The minimum atomic E-state index is -0.167. The molecule has 0 radical (unpaired) electrons. The van der Waals surface area contributed by atoms with Gasteiger partial charge in [-0.05, 0) is 30.7 Å². The number of nitrogens with zero attached hydrogens (tertiary/aromatic N) is 2. The summed E-state index contributed by atoms with van der Waals surface area (Å²) >= 11 is 6.10. The zero-order valence-corrected chi connectivity index (χ0v) is 13.0. The Balaban J connectivity index is 2.35. The summed E-state index contributed by atoms with van der Waals surface area (Å²) in [7, 11) is 3.19. The van der Waals surface area contributed by atoms with Crippen LogP contribution in [0.3, 0.4) is 0 Å². The van der Waals surface area contributed by atoms with E-state index < -0.39 is 0 Å². The molecule has 5 nitrogen and oxygen atoms in total. The fourth-order valence-electron chi connectivity index (χ4n) is 2.09. The van der Waals surface area contributed by atoms with Crippen molar-refractivity contribution < 1.29 is 14.3 Å². The van der Waals surface area contributed by atoms with Crippen molar-refractivity contribution in [2.45, 2.75) is 13.5 Å². The summed E-state index contributed by atoms with van der Waals surface area (Å²) in [5, 5.41) is 4.45. The third-order valence-corrected chi connectivity index (χ3v) is 3.45. The molecule has 1 aromatic heterocycles. The molecule has 0 unspecified atom stereocenters. The summed E-state index contributed by atoms with van der Waals surface area (Å²) < 4.78 is 11.8. The van der Waals surface area contributed by atoms with E-state index >= 15 is 0 Å². The molecule has 112 valence electrons. The van der Waals surface area contributed by atoms with Crippen molar-refractivity contribution in [3.8, 4) is 5.75 Å². The van der Waals surface area contributed by atoms with Gasteiger partial charge in [-0.3, -0.25) is 9.48 Å². The molecule has 0 amide bonds. The summed E-state index contributed by atoms with van der Waals surface area (Å²) in [4.78, 5) is 12.6. The average Bonchev–Trinajstić information content (AvgIpc) is 2.85. The molecule has 0 saturated carbocycles. The highest BCUT2D eigenvalue weighted by molar-refractivity contribution is 6.34. The van der Waals surface area contributed by atoms with Gasteiger partial charge in [0.1, 0.15) is 11.4 Å². The van der Waals surface area contributed by atoms with Crippen LogP contribution in [0.2, 0.25) is 5.02 Å². The van der Waals surface area contributed by atoms with Gasteiger partial charge in [-0.25, -0.2) is 0 Å². The average molecular weight is 309 g/mol. The third kappa shape index (κ3) is 3.25. The molecule has 0 atom stereocenters. The molecule has 0 aliphatic heterocycles. The highest BCUT2D eigenvalue weighted by Gasteiger charge is 2.19. The number of hydrogen-bond donors (Lipinski definition) is 0. The number of ketones is 1. The van der Waals surface area contributed by atoms with Crippen LogP contribution in [0.4, 0.5) is 0 Å². The van der Waals surface area contributed by atoms with Gasteiger partial charge in [-0.2, -0.15) is 5.10 Å². The highest BCUT2D eigenvalue weighted by atomic mass is 35.5. The van der Waals surface area contributed by atoms with E-state index in [1.54, 1.807) is 37.1 Å². The SMILES string of the molecule is COCCn1ncc(Cl)c1C(=O)c1ccc(OC)c(C)c1. The van der Waals surface area contributed by atoms with E-state index in [-0.39, 0.29) is 5.78 Å². The minimum Gasteiger partial charge on any atom is -0.496 e. The molecule has 0 N–H and O–H groups in total. The van der Waals surface area contributed by atoms with Crippen molar-refractivity contribution in [3.63, 3.8) is 0 Å². The van der Waals surface area contributed by atoms with Crippen molar-refractivity contribution in [3.05, 3.63) is 46.2 Å². The maximum atomic E-state index is 12.6. The zero-order chi connectivity index (χ0) is 15.4. The number of methoxy groups -OCH3 is 2. The van der Waals surface area contributed by atoms with Gasteiger partial charge in [0.2, 0.25) is 5.78 Å². The molecule has 0 bridgehead atoms. The predicted molar refractivity (Wildman–Crippen MR) is 80.3 cm³/mol. The second kappa shape index (κ2) is 6.74. The van der Waals surface area contributed by atoms with E-state index in [1.807, 2.05) is 6.92 Å². The van der Waals surface area contributed by atoms with Crippen LogP contribution < -0.4 is 4.74 Å². The lowest BCUT2D eigenvalue weighted by atomic mass is 10.0. The lowest BCUT2D eigenvalue weighted by Crippen LogP contribution is -2.15. The topological polar surface area (TPSA) is 53.4 Å². The molecular weight excluding hydrogens is 292 g/mol. The van der Waals surface area contributed by atoms with Crippen LogP contribution >= 0.6 is 11.6 Å². The largest absolute Gasteiger partial charge is 0.496 e. The molecule has 0 fully saturated rings. The number of carbonyl (C=O) groups is 1. The fourth-order valence-corrected chi connectivity index (χ4v) is 2.32. The van der Waals surface area contributed by atoms with Gasteiger partial charge in [-0.15, -0.1) is 0 Å². The molecule has 1 aromatic carbocycles. The molecule has 2 aromatic rings. The number of aryl methyl sites for hydroxylation is 1. The van der Waals surface area contributed by atoms with Crippen LogP contribution in [0.5, 0.6) is 5.75 Å². The summed E-state index contributed by atoms with van der Waals surface area (Å²) in [5.74, 6) is 0.574. The fraction of sp³-hybridized carbons (Fsp3) is 0.333. The molecule has 2 rings (SSSR count). The van der Waals surface area contributed by atoms with E-state index in [9.17, 15) is 4.79 Å². The first-order valence-corrected chi connectivity index (χ1v) is 6.86. The van der Waals surface area contributed by atoms with E-state index in [1.165, 1.54) is 6.20 Å². The Morgan fingerprint density at radius 2 is 2.14 bits per heavy atom. The number of carbonyl (C=O) groups excluding carboxylic acids is 1. The molecule has 0 aliphatic carbocycles. The number of halogens is 1. The van der Waals surface area contributed by atoms with E-state index in [0.717, 1.165) is 11.3 Å². The minimum absolute atomic E-state index is 0.167. The Morgan fingerprint density at radius 3 is 2.76 bits per heavy atom. The number of ether oxygens (including phenoxy) is 2. The molecule has 6 heteroatoms. The number of hydrogen-bond acceptors (Lipinski definition) is 4. The van der Waals surface area contributed by atoms with Crippen molar-refractivity contribution in [1.82, 2.24) is 9.78 Å². The van der Waals surface area contributed by atoms with Gasteiger partial charge in [0, 0.05) is 12.7 Å². The Morgan fingerprint density at radius 1 is 1.38 bits per heavy atom. The number of aromatic nitrogens is 2. The zero-order valence-electron chi connectivity index (χ0n) is 12.2. The molecule has 0 aliphatic rings. The van der Waals surface area contributed by atoms with Crippen LogP contribution in [-0.4, -0.2) is 36.4 Å². The van der Waals surface area contributed by atoms with Gasteiger partial charge in [0.25, 0.3) is 0 Å². The smallest absolute Gasteiger partial charge is 0.212 e. The predicted octanol–water partition coefficient (Wildman–Crippen LogP) is 2.73. The summed E-state index contributed by atoms with van der Waals surface area (Å²) in [5.41, 5.74) is 1.81. The number of benzene rings is 1. The Bertz CT molecular complexity index is 652. The lowest BCUT2D eigenvalue weighted by Gasteiger charge is -2.09. The van der Waals surface area contributed by atoms with Crippen LogP contribution in [0, 0.1) is 6.92 Å².